The predicted octanol–water partition coefficient (Wildman–Crippen LogP) is 0.767. The lowest BCUT2D eigenvalue weighted by atomic mass is 10.1. The summed E-state index contributed by atoms with van der Waals surface area (Å²) < 4.78 is 0.760. The Hall–Kier alpha value is -2.35. The molecule has 1 rings (SSSR count). The van der Waals surface area contributed by atoms with Gasteiger partial charge in [-0.2, -0.15) is 4.99 Å². The monoisotopic (exact) mass is 325 g/mol. The Kier molecular flexibility index (Phi) is 5.07. The third-order valence-electron chi connectivity index (χ3n) is 1.88. The largest absolute Gasteiger partial charge is 0.478 e. The third-order valence-corrected chi connectivity index (χ3v) is 2.37. The minimum atomic E-state index is -1.06. The normalized spacial score (nSPS) is 11.5. The van der Waals surface area contributed by atoms with Crippen LogP contribution < -0.4 is 17.2 Å². The van der Waals surface area contributed by atoms with E-state index < -0.39 is 5.97 Å². The van der Waals surface area contributed by atoms with Crippen molar-refractivity contribution < 1.29 is 9.90 Å². The number of carboxylic acid groups (broad SMARTS) is 1. The molecule has 0 atom stereocenters. The highest BCUT2D eigenvalue weighted by Crippen LogP contribution is 2.25. The van der Waals surface area contributed by atoms with Gasteiger partial charge in [0, 0.05) is 16.1 Å². The molecule has 0 bridgehead atoms. The Labute approximate surface area is 117 Å². The summed E-state index contributed by atoms with van der Waals surface area (Å²) in [5.41, 5.74) is 16.9. The summed E-state index contributed by atoms with van der Waals surface area (Å²) in [6.45, 7) is 0. The van der Waals surface area contributed by atoms with Crippen LogP contribution in [0.4, 0.5) is 5.69 Å². The number of rotatable bonds is 3. The minimum absolute atomic E-state index is 0.122. The minimum Gasteiger partial charge on any atom is -0.478 e. The molecule has 0 fully saturated rings. The molecule has 0 aliphatic heterocycles. The van der Waals surface area contributed by atoms with Crippen LogP contribution in [0, 0.1) is 0 Å². The van der Waals surface area contributed by atoms with Crippen molar-refractivity contribution in [3.8, 4) is 0 Å². The van der Waals surface area contributed by atoms with Crippen LogP contribution in [0.5, 0.6) is 0 Å². The van der Waals surface area contributed by atoms with Gasteiger partial charge < -0.3 is 22.3 Å². The van der Waals surface area contributed by atoms with Crippen molar-refractivity contribution in [3.05, 3.63) is 34.3 Å². The van der Waals surface area contributed by atoms with Crippen molar-refractivity contribution >= 4 is 45.6 Å². The highest BCUT2D eigenvalue weighted by Gasteiger charge is 2.01. The molecule has 19 heavy (non-hydrogen) atoms. The standard InChI is InChI=1S/C11H12BrN5O2/c12-7-3-1-6(2-4-9(18)19)8(5-7)16-11(15)17-10(13)14/h1-5H,(H,18,19)(H6,13,14,15,16,17). The highest BCUT2D eigenvalue weighted by atomic mass is 79.9. The summed E-state index contributed by atoms with van der Waals surface area (Å²) in [6.07, 6.45) is 2.40. The lowest BCUT2D eigenvalue weighted by Gasteiger charge is -2.02. The molecule has 0 amide bonds. The molecule has 0 aromatic heterocycles. The number of nitrogens with zero attached hydrogens (tertiary/aromatic N) is 2. The van der Waals surface area contributed by atoms with E-state index in [4.69, 9.17) is 22.3 Å². The first-order valence-electron chi connectivity index (χ1n) is 5.03. The number of halogens is 1. The maximum Gasteiger partial charge on any atom is 0.328 e. The predicted molar refractivity (Wildman–Crippen MR) is 77.9 cm³/mol. The van der Waals surface area contributed by atoms with Crippen molar-refractivity contribution in [1.82, 2.24) is 0 Å². The van der Waals surface area contributed by atoms with Gasteiger partial charge in [0.25, 0.3) is 0 Å². The molecule has 1 aromatic rings. The van der Waals surface area contributed by atoms with Gasteiger partial charge in [0.05, 0.1) is 5.69 Å². The topological polar surface area (TPSA) is 140 Å². The first kappa shape index (κ1) is 14.7. The van der Waals surface area contributed by atoms with Crippen LogP contribution in [-0.2, 0) is 4.79 Å². The van der Waals surface area contributed by atoms with Gasteiger partial charge in [-0.05, 0) is 18.2 Å². The number of carboxylic acids is 1. The number of hydrogen-bond donors (Lipinski definition) is 4. The van der Waals surface area contributed by atoms with Crippen LogP contribution in [0.1, 0.15) is 5.56 Å². The Morgan fingerprint density at radius 1 is 1.32 bits per heavy atom. The molecule has 7 N–H and O–H groups in total. The Bertz CT molecular complexity index is 576. The van der Waals surface area contributed by atoms with Crippen molar-refractivity contribution in [2.75, 3.05) is 0 Å². The van der Waals surface area contributed by atoms with E-state index in [1.54, 1.807) is 18.2 Å². The van der Waals surface area contributed by atoms with Crippen LogP contribution in [0.15, 0.2) is 38.7 Å². The lowest BCUT2D eigenvalue weighted by molar-refractivity contribution is -0.131. The van der Waals surface area contributed by atoms with Crippen molar-refractivity contribution in [1.29, 1.82) is 0 Å². The molecule has 100 valence electrons. The van der Waals surface area contributed by atoms with E-state index in [-0.39, 0.29) is 11.9 Å². The Morgan fingerprint density at radius 3 is 2.58 bits per heavy atom. The molecular formula is C11H12BrN5O2. The van der Waals surface area contributed by atoms with Crippen LogP contribution in [-0.4, -0.2) is 23.0 Å². The van der Waals surface area contributed by atoms with Crippen molar-refractivity contribution in [3.63, 3.8) is 0 Å². The number of guanidine groups is 2. The van der Waals surface area contributed by atoms with Gasteiger partial charge in [-0.1, -0.05) is 22.0 Å². The molecule has 0 spiro atoms. The summed E-state index contributed by atoms with van der Waals surface area (Å²) in [5.74, 6) is -1.39. The average Bonchev–Trinajstić information content (AvgIpc) is 2.26. The Balaban J connectivity index is 3.21. The number of nitrogens with two attached hydrogens (primary N) is 3. The average molecular weight is 326 g/mol. The molecule has 0 saturated heterocycles. The molecule has 0 heterocycles. The summed E-state index contributed by atoms with van der Waals surface area (Å²) in [7, 11) is 0. The van der Waals surface area contributed by atoms with Crippen molar-refractivity contribution in [2.24, 2.45) is 27.2 Å². The van der Waals surface area contributed by atoms with Crippen LogP contribution >= 0.6 is 15.9 Å². The third kappa shape index (κ3) is 5.21. The van der Waals surface area contributed by atoms with E-state index in [1.807, 2.05) is 0 Å². The number of hydrogen-bond acceptors (Lipinski definition) is 2. The second kappa shape index (κ2) is 6.55. The molecule has 1 aromatic carbocycles. The van der Waals surface area contributed by atoms with Gasteiger partial charge >= 0.3 is 5.97 Å². The van der Waals surface area contributed by atoms with E-state index in [2.05, 4.69) is 25.9 Å². The van der Waals surface area contributed by atoms with Gasteiger partial charge in [-0.3, -0.25) is 0 Å². The van der Waals surface area contributed by atoms with Gasteiger partial charge in [-0.25, -0.2) is 9.79 Å². The Morgan fingerprint density at radius 2 is 2.00 bits per heavy atom. The van der Waals surface area contributed by atoms with E-state index in [1.165, 1.54) is 6.08 Å². The quantitative estimate of drug-likeness (QED) is 0.369. The molecule has 0 unspecified atom stereocenters. The maximum absolute atomic E-state index is 10.5. The van der Waals surface area contributed by atoms with Gasteiger partial charge in [0.1, 0.15) is 0 Å². The van der Waals surface area contributed by atoms with Crippen LogP contribution in [0.2, 0.25) is 0 Å². The highest BCUT2D eigenvalue weighted by molar-refractivity contribution is 9.10. The first-order chi connectivity index (χ1) is 8.88. The van der Waals surface area contributed by atoms with E-state index >= 15 is 0 Å². The molecular weight excluding hydrogens is 314 g/mol. The number of benzene rings is 1. The molecule has 7 nitrogen and oxygen atoms in total. The molecule has 0 saturated carbocycles. The summed E-state index contributed by atoms with van der Waals surface area (Å²) >= 11 is 3.28. The second-order valence-corrected chi connectivity index (χ2v) is 4.30. The lowest BCUT2D eigenvalue weighted by Crippen LogP contribution is -2.26. The second-order valence-electron chi connectivity index (χ2n) is 3.38. The van der Waals surface area contributed by atoms with Gasteiger partial charge in [-0.15, -0.1) is 0 Å². The van der Waals surface area contributed by atoms with Gasteiger partial charge in [0.2, 0.25) is 5.96 Å². The van der Waals surface area contributed by atoms with Crippen LogP contribution in [0.3, 0.4) is 0 Å². The fourth-order valence-corrected chi connectivity index (χ4v) is 1.55. The molecule has 0 aliphatic carbocycles. The summed E-state index contributed by atoms with van der Waals surface area (Å²) in [4.78, 5) is 18.1. The SMILES string of the molecule is NC(N)=NC(N)=Nc1cc(Br)ccc1C=CC(=O)O. The van der Waals surface area contributed by atoms with E-state index in [0.717, 1.165) is 10.5 Å². The summed E-state index contributed by atoms with van der Waals surface area (Å²) in [6, 6.07) is 5.10. The molecule has 0 radical (unpaired) electrons. The fraction of sp³-hybridized carbons (Fsp3) is 0. The zero-order valence-corrected chi connectivity index (χ0v) is 11.3. The molecule has 8 heteroatoms. The first-order valence-corrected chi connectivity index (χ1v) is 5.82. The van der Waals surface area contributed by atoms with E-state index in [0.29, 0.717) is 11.3 Å². The number of carbonyl (C=O) groups is 1. The zero-order chi connectivity index (χ0) is 14.4. The van der Waals surface area contributed by atoms with Crippen LogP contribution in [0.25, 0.3) is 6.08 Å². The van der Waals surface area contributed by atoms with E-state index in [9.17, 15) is 4.79 Å². The zero-order valence-electron chi connectivity index (χ0n) is 9.75. The molecule has 0 aliphatic rings. The fourth-order valence-electron chi connectivity index (χ4n) is 1.20. The number of aliphatic imine (C=N–C) groups is 2. The smallest absolute Gasteiger partial charge is 0.328 e. The number of aliphatic carboxylic acids is 1. The van der Waals surface area contributed by atoms with Gasteiger partial charge in [0.15, 0.2) is 5.96 Å². The van der Waals surface area contributed by atoms with Crippen molar-refractivity contribution in [2.45, 2.75) is 0 Å². The summed E-state index contributed by atoms with van der Waals surface area (Å²) in [5, 5.41) is 8.61. The maximum atomic E-state index is 10.5.